The summed E-state index contributed by atoms with van der Waals surface area (Å²) in [6.07, 6.45) is -4.12. The lowest BCUT2D eigenvalue weighted by molar-refractivity contribution is -0.253. The van der Waals surface area contributed by atoms with Crippen LogP contribution in [0.5, 0.6) is 0 Å². The van der Waals surface area contributed by atoms with E-state index in [4.69, 9.17) is 0 Å². The van der Waals surface area contributed by atoms with Crippen molar-refractivity contribution in [2.24, 2.45) is 0 Å². The predicted molar refractivity (Wildman–Crippen MR) is 82.4 cm³/mol. The first-order valence-electron chi connectivity index (χ1n) is 8.13. The second-order valence-corrected chi connectivity index (χ2v) is 6.70. The molecule has 2 N–H and O–H groups in total. The van der Waals surface area contributed by atoms with E-state index in [1.165, 1.54) is 4.90 Å². The van der Waals surface area contributed by atoms with Crippen LogP contribution in [-0.2, 0) is 10.2 Å². The summed E-state index contributed by atoms with van der Waals surface area (Å²) in [5, 5.41) is 13.1. The van der Waals surface area contributed by atoms with Crippen molar-refractivity contribution in [3.63, 3.8) is 0 Å². The molecule has 4 nitrogen and oxygen atoms in total. The Labute approximate surface area is 138 Å². The lowest BCUT2D eigenvalue weighted by atomic mass is 9.72. The van der Waals surface area contributed by atoms with Gasteiger partial charge >= 0.3 is 6.18 Å². The fraction of sp³-hybridized carbons (Fsp3) is 0.588. The molecule has 2 aliphatic heterocycles. The number of β-amino-alcohol motifs (C(OH)–C–C–N with tert-alkyl or cyclic N) is 1. The molecule has 0 radical (unpaired) electrons. The molecule has 0 bridgehead atoms. The molecule has 1 amide bonds. The molecule has 0 saturated carbocycles. The maximum absolute atomic E-state index is 13.2. The van der Waals surface area contributed by atoms with Crippen molar-refractivity contribution < 1.29 is 23.1 Å². The number of nitrogens with zero attached hydrogens (tertiary/aromatic N) is 1. The summed E-state index contributed by atoms with van der Waals surface area (Å²) in [7, 11) is 0. The Bertz CT molecular complexity index is 600. The number of halogens is 3. The third-order valence-electron chi connectivity index (χ3n) is 5.26. The molecule has 0 aliphatic carbocycles. The highest BCUT2D eigenvalue weighted by Crippen LogP contribution is 2.41. The van der Waals surface area contributed by atoms with Gasteiger partial charge in [-0.25, -0.2) is 0 Å². The molecule has 2 fully saturated rings. The third kappa shape index (κ3) is 2.80. The zero-order chi connectivity index (χ0) is 17.4. The van der Waals surface area contributed by atoms with Crippen molar-refractivity contribution in [3.8, 4) is 0 Å². The van der Waals surface area contributed by atoms with Gasteiger partial charge in [-0.2, -0.15) is 13.2 Å². The molecular weight excluding hydrogens is 321 g/mol. The van der Waals surface area contributed by atoms with Crippen molar-refractivity contribution in [3.05, 3.63) is 35.9 Å². The molecule has 2 aliphatic rings. The van der Waals surface area contributed by atoms with Gasteiger partial charge in [0.1, 0.15) is 0 Å². The largest absolute Gasteiger partial charge is 0.419 e. The number of carbonyl (C=O) groups is 1. The van der Waals surface area contributed by atoms with E-state index >= 15 is 0 Å². The first kappa shape index (κ1) is 17.2. The summed E-state index contributed by atoms with van der Waals surface area (Å²) in [6, 6.07) is 9.23. The number of alkyl halides is 3. The molecule has 132 valence electrons. The number of piperidine rings is 1. The normalized spacial score (nSPS) is 27.2. The van der Waals surface area contributed by atoms with Crippen molar-refractivity contribution >= 4 is 5.91 Å². The first-order valence-corrected chi connectivity index (χ1v) is 8.13. The molecule has 0 aromatic heterocycles. The van der Waals surface area contributed by atoms with Crippen molar-refractivity contribution in [2.45, 2.75) is 36.5 Å². The van der Waals surface area contributed by atoms with Gasteiger partial charge in [0, 0.05) is 13.0 Å². The van der Waals surface area contributed by atoms with Gasteiger partial charge in [0.2, 0.25) is 5.91 Å². The van der Waals surface area contributed by atoms with Gasteiger partial charge in [-0.05, 0) is 31.5 Å². The first-order chi connectivity index (χ1) is 11.3. The molecule has 2 saturated heterocycles. The summed E-state index contributed by atoms with van der Waals surface area (Å²) in [5.74, 6) is -0.310. The van der Waals surface area contributed by atoms with E-state index in [-0.39, 0.29) is 12.5 Å². The summed E-state index contributed by atoms with van der Waals surface area (Å²) >= 11 is 0. The molecule has 1 aromatic carbocycles. The zero-order valence-electron chi connectivity index (χ0n) is 13.3. The number of likely N-dealkylation sites (tertiary alicyclic amines) is 1. The van der Waals surface area contributed by atoms with Gasteiger partial charge in [0.05, 0.1) is 12.0 Å². The van der Waals surface area contributed by atoms with E-state index < -0.39 is 30.2 Å². The van der Waals surface area contributed by atoms with Crippen LogP contribution in [0.3, 0.4) is 0 Å². The number of amides is 1. The van der Waals surface area contributed by atoms with Crippen LogP contribution in [0.25, 0.3) is 0 Å². The van der Waals surface area contributed by atoms with E-state index in [0.29, 0.717) is 25.9 Å². The zero-order valence-corrected chi connectivity index (χ0v) is 13.3. The van der Waals surface area contributed by atoms with Crippen LogP contribution in [0.2, 0.25) is 0 Å². The molecule has 1 aromatic rings. The van der Waals surface area contributed by atoms with Gasteiger partial charge in [0.25, 0.3) is 0 Å². The Morgan fingerprint density at radius 2 is 1.75 bits per heavy atom. The highest BCUT2D eigenvalue weighted by molar-refractivity contribution is 5.89. The second kappa shape index (κ2) is 6.04. The average molecular weight is 342 g/mol. The third-order valence-corrected chi connectivity index (χ3v) is 5.26. The second-order valence-electron chi connectivity index (χ2n) is 6.70. The molecule has 0 unspecified atom stereocenters. The Balaban J connectivity index is 1.89. The molecule has 2 heterocycles. The quantitative estimate of drug-likeness (QED) is 0.862. The van der Waals surface area contributed by atoms with Gasteiger partial charge < -0.3 is 15.3 Å². The van der Waals surface area contributed by atoms with Gasteiger partial charge in [-0.15, -0.1) is 0 Å². The highest BCUT2D eigenvalue weighted by Gasteiger charge is 2.59. The number of benzene rings is 1. The maximum Gasteiger partial charge on any atom is 0.419 e. The van der Waals surface area contributed by atoms with E-state index in [1.807, 2.05) is 30.3 Å². The summed E-state index contributed by atoms with van der Waals surface area (Å²) in [6.45, 7) is 0.518. The lowest BCUT2D eigenvalue weighted by Crippen LogP contribution is -2.54. The van der Waals surface area contributed by atoms with E-state index in [2.05, 4.69) is 5.32 Å². The number of hydrogen-bond donors (Lipinski definition) is 2. The fourth-order valence-corrected chi connectivity index (χ4v) is 3.74. The van der Waals surface area contributed by atoms with Crippen molar-refractivity contribution in [1.29, 1.82) is 0 Å². The maximum atomic E-state index is 13.2. The van der Waals surface area contributed by atoms with E-state index in [0.717, 1.165) is 5.56 Å². The fourth-order valence-electron chi connectivity index (χ4n) is 3.74. The Hall–Kier alpha value is -1.60. The van der Waals surface area contributed by atoms with Crippen molar-refractivity contribution in [1.82, 2.24) is 10.2 Å². The van der Waals surface area contributed by atoms with Crippen LogP contribution in [0.15, 0.2) is 30.3 Å². The smallest absolute Gasteiger partial charge is 0.379 e. The Kier molecular flexibility index (Phi) is 4.34. The molecule has 1 atom stereocenters. The number of hydrogen-bond acceptors (Lipinski definition) is 3. The summed E-state index contributed by atoms with van der Waals surface area (Å²) in [4.78, 5) is 14.3. The van der Waals surface area contributed by atoms with E-state index in [9.17, 15) is 23.1 Å². The molecule has 7 heteroatoms. The van der Waals surface area contributed by atoms with Crippen molar-refractivity contribution in [2.75, 3.05) is 26.2 Å². The highest BCUT2D eigenvalue weighted by atomic mass is 19.4. The van der Waals surface area contributed by atoms with Crippen LogP contribution >= 0.6 is 0 Å². The number of carbonyl (C=O) groups excluding carboxylic acids is 1. The van der Waals surface area contributed by atoms with Crippen LogP contribution in [0.4, 0.5) is 13.2 Å². The van der Waals surface area contributed by atoms with E-state index in [1.54, 1.807) is 0 Å². The average Bonchev–Trinajstić information content (AvgIpc) is 2.99. The molecule has 0 spiro atoms. The lowest BCUT2D eigenvalue weighted by Gasteiger charge is -2.39. The Morgan fingerprint density at radius 3 is 2.29 bits per heavy atom. The number of rotatable bonds is 2. The van der Waals surface area contributed by atoms with Crippen LogP contribution in [0.1, 0.15) is 24.8 Å². The van der Waals surface area contributed by atoms with Crippen LogP contribution < -0.4 is 5.32 Å². The van der Waals surface area contributed by atoms with Gasteiger partial charge in [-0.3, -0.25) is 4.79 Å². The minimum atomic E-state index is -4.73. The monoisotopic (exact) mass is 342 g/mol. The molecule has 3 rings (SSSR count). The summed E-state index contributed by atoms with van der Waals surface area (Å²) in [5.41, 5.74) is -2.78. The number of nitrogens with one attached hydrogen (secondary N) is 1. The topological polar surface area (TPSA) is 52.6 Å². The van der Waals surface area contributed by atoms with Gasteiger partial charge in [-0.1, -0.05) is 30.3 Å². The molecule has 24 heavy (non-hydrogen) atoms. The minimum absolute atomic E-state index is 0.0726. The summed E-state index contributed by atoms with van der Waals surface area (Å²) < 4.78 is 39.1. The standard InChI is InChI=1S/C17H21F3N2O2/c18-17(19,20)16(24)8-11-22(12-16)14(23)15(6-9-21-10-7-15)13-4-2-1-3-5-13/h1-5,21,24H,6-12H2/t16-/m0/s1. The predicted octanol–water partition coefficient (Wildman–Crippen LogP) is 1.83. The number of aliphatic hydroxyl groups is 1. The van der Waals surface area contributed by atoms with Gasteiger partial charge in [0.15, 0.2) is 5.60 Å². The van der Waals surface area contributed by atoms with Crippen LogP contribution in [0, 0.1) is 0 Å². The SMILES string of the molecule is O=C(N1CC[C@@](O)(C(F)(F)F)C1)C1(c2ccccc2)CCNCC1. The van der Waals surface area contributed by atoms with Crippen LogP contribution in [-0.4, -0.2) is 53.9 Å². The minimum Gasteiger partial charge on any atom is -0.379 e. The molecular formula is C17H21F3N2O2. The Morgan fingerprint density at radius 1 is 1.12 bits per heavy atom.